The topological polar surface area (TPSA) is 87.5 Å². The summed E-state index contributed by atoms with van der Waals surface area (Å²) in [6, 6.07) is 5.51. The molecule has 9 nitrogen and oxygen atoms in total. The molecule has 5 rings (SSSR count). The van der Waals surface area contributed by atoms with E-state index in [-0.39, 0.29) is 18.0 Å². The molecule has 2 fully saturated rings. The van der Waals surface area contributed by atoms with Gasteiger partial charge in [0.05, 0.1) is 29.0 Å². The van der Waals surface area contributed by atoms with Gasteiger partial charge < -0.3 is 9.80 Å². The van der Waals surface area contributed by atoms with Gasteiger partial charge in [0.15, 0.2) is 0 Å². The van der Waals surface area contributed by atoms with E-state index < -0.39 is 0 Å². The molecule has 1 unspecified atom stereocenters. The SMILES string of the molecule is CN1CCN(c2cnn(C3CCN(C(=O)c4ccc5nccnc5c4)C3)c2)C1=O. The number of anilines is 1. The number of likely N-dealkylation sites (tertiary alicyclic amines) is 1. The maximum atomic E-state index is 13.0. The first kappa shape index (κ1) is 17.6. The van der Waals surface area contributed by atoms with Gasteiger partial charge in [0.1, 0.15) is 0 Å². The summed E-state index contributed by atoms with van der Waals surface area (Å²) in [4.78, 5) is 38.9. The molecule has 2 aromatic heterocycles. The molecule has 148 valence electrons. The first-order chi connectivity index (χ1) is 14.1. The maximum absolute atomic E-state index is 13.0. The predicted octanol–water partition coefficient (Wildman–Crippen LogP) is 1.79. The summed E-state index contributed by atoms with van der Waals surface area (Å²) in [5.74, 6) is -0.0104. The summed E-state index contributed by atoms with van der Waals surface area (Å²) < 4.78 is 1.88. The molecule has 3 aromatic rings. The smallest absolute Gasteiger partial charge is 0.324 e. The van der Waals surface area contributed by atoms with E-state index in [9.17, 15) is 9.59 Å². The quantitative estimate of drug-likeness (QED) is 0.679. The molecule has 2 aliphatic rings. The van der Waals surface area contributed by atoms with E-state index >= 15 is 0 Å². The first-order valence-corrected chi connectivity index (χ1v) is 9.67. The lowest BCUT2D eigenvalue weighted by atomic mass is 10.1. The van der Waals surface area contributed by atoms with Crippen LogP contribution < -0.4 is 4.90 Å². The van der Waals surface area contributed by atoms with Gasteiger partial charge in [-0.2, -0.15) is 5.10 Å². The van der Waals surface area contributed by atoms with Gasteiger partial charge in [0.2, 0.25) is 0 Å². The van der Waals surface area contributed by atoms with Crippen molar-refractivity contribution >= 4 is 28.7 Å². The van der Waals surface area contributed by atoms with Gasteiger partial charge in [-0.15, -0.1) is 0 Å². The summed E-state index contributed by atoms with van der Waals surface area (Å²) >= 11 is 0. The third-order valence-corrected chi connectivity index (χ3v) is 5.66. The lowest BCUT2D eigenvalue weighted by Crippen LogP contribution is -2.29. The number of carbonyl (C=O) groups excluding carboxylic acids is 2. The molecular formula is C20H21N7O2. The zero-order chi connectivity index (χ0) is 20.0. The summed E-state index contributed by atoms with van der Waals surface area (Å²) in [5.41, 5.74) is 2.91. The number of benzene rings is 1. The largest absolute Gasteiger partial charge is 0.336 e. The average Bonchev–Trinajstić information content (AvgIpc) is 3.48. The van der Waals surface area contributed by atoms with Crippen LogP contribution in [0.25, 0.3) is 11.0 Å². The fourth-order valence-electron chi connectivity index (χ4n) is 3.98. The number of fused-ring (bicyclic) bond motifs is 1. The van der Waals surface area contributed by atoms with Crippen LogP contribution in [0.2, 0.25) is 0 Å². The van der Waals surface area contributed by atoms with Crippen molar-refractivity contribution in [3.63, 3.8) is 0 Å². The molecular weight excluding hydrogens is 370 g/mol. The van der Waals surface area contributed by atoms with Gasteiger partial charge in [-0.05, 0) is 24.6 Å². The van der Waals surface area contributed by atoms with Gasteiger partial charge in [0.25, 0.3) is 5.91 Å². The van der Waals surface area contributed by atoms with Crippen LogP contribution in [0, 0.1) is 0 Å². The minimum atomic E-state index is -0.0104. The number of urea groups is 1. The second kappa shape index (κ2) is 6.84. The molecule has 1 aromatic carbocycles. The molecule has 1 atom stereocenters. The highest BCUT2D eigenvalue weighted by atomic mass is 16.2. The highest BCUT2D eigenvalue weighted by molar-refractivity contribution is 5.97. The Labute approximate surface area is 167 Å². The molecule has 0 aliphatic carbocycles. The Morgan fingerprint density at radius 3 is 2.72 bits per heavy atom. The fraction of sp³-hybridized carbons (Fsp3) is 0.350. The third kappa shape index (κ3) is 3.08. The molecule has 0 N–H and O–H groups in total. The second-order valence-corrected chi connectivity index (χ2v) is 7.49. The molecule has 9 heteroatoms. The summed E-state index contributed by atoms with van der Waals surface area (Å²) in [7, 11) is 1.80. The molecule has 0 bridgehead atoms. The number of amides is 3. The van der Waals surface area contributed by atoms with Crippen molar-refractivity contribution < 1.29 is 9.59 Å². The predicted molar refractivity (Wildman–Crippen MR) is 107 cm³/mol. The number of likely N-dealkylation sites (N-methyl/N-ethyl adjacent to an activating group) is 1. The van der Waals surface area contributed by atoms with Crippen LogP contribution in [0.1, 0.15) is 22.8 Å². The van der Waals surface area contributed by atoms with Crippen LogP contribution in [0.3, 0.4) is 0 Å². The number of nitrogens with zero attached hydrogens (tertiary/aromatic N) is 7. The van der Waals surface area contributed by atoms with Gasteiger partial charge in [0, 0.05) is 57.4 Å². The van der Waals surface area contributed by atoms with E-state index in [2.05, 4.69) is 15.1 Å². The van der Waals surface area contributed by atoms with Crippen molar-refractivity contribution in [2.24, 2.45) is 0 Å². The monoisotopic (exact) mass is 391 g/mol. The minimum absolute atomic E-state index is 0.00724. The van der Waals surface area contributed by atoms with Crippen LogP contribution in [-0.2, 0) is 0 Å². The van der Waals surface area contributed by atoms with Crippen LogP contribution in [-0.4, -0.2) is 74.7 Å². The van der Waals surface area contributed by atoms with Gasteiger partial charge in [-0.25, -0.2) is 4.79 Å². The van der Waals surface area contributed by atoms with Crippen molar-refractivity contribution in [3.8, 4) is 0 Å². The molecule has 3 amide bonds. The van der Waals surface area contributed by atoms with Crippen molar-refractivity contribution in [3.05, 3.63) is 48.5 Å². The molecule has 4 heterocycles. The second-order valence-electron chi connectivity index (χ2n) is 7.49. The summed E-state index contributed by atoms with van der Waals surface area (Å²) in [6.07, 6.45) is 7.72. The highest BCUT2D eigenvalue weighted by Gasteiger charge is 2.31. The summed E-state index contributed by atoms with van der Waals surface area (Å²) in [6.45, 7) is 2.64. The number of hydrogen-bond donors (Lipinski definition) is 0. The van der Waals surface area contributed by atoms with Gasteiger partial charge in [-0.1, -0.05) is 0 Å². The lowest BCUT2D eigenvalue weighted by molar-refractivity contribution is 0.0787. The molecule has 0 saturated carbocycles. The Bertz CT molecular complexity index is 1100. The van der Waals surface area contributed by atoms with E-state index in [1.165, 1.54) is 0 Å². The van der Waals surface area contributed by atoms with Crippen molar-refractivity contribution in [2.75, 3.05) is 38.1 Å². The Morgan fingerprint density at radius 1 is 1.10 bits per heavy atom. The zero-order valence-electron chi connectivity index (χ0n) is 16.1. The Morgan fingerprint density at radius 2 is 1.93 bits per heavy atom. The van der Waals surface area contributed by atoms with Crippen LogP contribution in [0.15, 0.2) is 43.0 Å². The molecule has 0 spiro atoms. The summed E-state index contributed by atoms with van der Waals surface area (Å²) in [5, 5.41) is 4.46. The third-order valence-electron chi connectivity index (χ3n) is 5.66. The number of hydrogen-bond acceptors (Lipinski definition) is 5. The van der Waals surface area contributed by atoms with Gasteiger partial charge >= 0.3 is 6.03 Å². The average molecular weight is 391 g/mol. The van der Waals surface area contributed by atoms with E-state index in [0.717, 1.165) is 17.6 Å². The molecule has 29 heavy (non-hydrogen) atoms. The molecule has 2 saturated heterocycles. The minimum Gasteiger partial charge on any atom is -0.336 e. The molecule has 2 aliphatic heterocycles. The normalized spacial score (nSPS) is 19.6. The van der Waals surface area contributed by atoms with Crippen LogP contribution in [0.4, 0.5) is 10.5 Å². The van der Waals surface area contributed by atoms with Crippen molar-refractivity contribution in [2.45, 2.75) is 12.5 Å². The highest BCUT2D eigenvalue weighted by Crippen LogP contribution is 2.26. The number of carbonyl (C=O) groups is 2. The first-order valence-electron chi connectivity index (χ1n) is 9.67. The lowest BCUT2D eigenvalue weighted by Gasteiger charge is -2.17. The van der Waals surface area contributed by atoms with Crippen molar-refractivity contribution in [1.82, 2.24) is 29.5 Å². The Balaban J connectivity index is 1.30. The van der Waals surface area contributed by atoms with E-state index in [1.54, 1.807) is 47.6 Å². The fourth-order valence-corrected chi connectivity index (χ4v) is 3.98. The number of aromatic nitrogens is 4. The Kier molecular flexibility index (Phi) is 4.15. The van der Waals surface area contributed by atoms with Gasteiger partial charge in [-0.3, -0.25) is 24.3 Å². The van der Waals surface area contributed by atoms with Crippen LogP contribution >= 0.6 is 0 Å². The molecule has 0 radical (unpaired) electrons. The van der Waals surface area contributed by atoms with E-state index in [0.29, 0.717) is 37.3 Å². The van der Waals surface area contributed by atoms with E-state index in [1.807, 2.05) is 21.8 Å². The standard InChI is InChI=1S/C20H21N7O2/c1-24-8-9-26(20(24)29)16-11-23-27(13-16)15-4-7-25(12-15)19(28)14-2-3-17-18(10-14)22-6-5-21-17/h2-3,5-6,10-11,13,15H,4,7-9,12H2,1H3. The number of rotatable bonds is 3. The maximum Gasteiger partial charge on any atom is 0.324 e. The zero-order valence-corrected chi connectivity index (χ0v) is 16.1. The Hall–Kier alpha value is -3.49. The van der Waals surface area contributed by atoms with Crippen LogP contribution in [0.5, 0.6) is 0 Å². The van der Waals surface area contributed by atoms with Crippen molar-refractivity contribution in [1.29, 1.82) is 0 Å². The van der Waals surface area contributed by atoms with E-state index in [4.69, 9.17) is 0 Å².